The topological polar surface area (TPSA) is 66.0 Å². The molecule has 6 heteroatoms. The molecule has 2 aromatic carbocycles. The molecule has 0 spiro atoms. The van der Waals surface area contributed by atoms with Gasteiger partial charge in [0.1, 0.15) is 5.75 Å². The van der Waals surface area contributed by atoms with Crippen molar-refractivity contribution >= 4 is 11.8 Å². The summed E-state index contributed by atoms with van der Waals surface area (Å²) in [7, 11) is 1.66. The summed E-state index contributed by atoms with van der Waals surface area (Å²) < 4.78 is 6.79. The van der Waals surface area contributed by atoms with Gasteiger partial charge in [-0.2, -0.15) is 0 Å². The van der Waals surface area contributed by atoms with Gasteiger partial charge in [-0.05, 0) is 30.2 Å². The number of nitrogen functional groups attached to an aromatic ring is 1. The summed E-state index contributed by atoms with van der Waals surface area (Å²) in [5, 5.41) is 9.13. The van der Waals surface area contributed by atoms with Crippen molar-refractivity contribution in [1.82, 2.24) is 14.9 Å². The van der Waals surface area contributed by atoms with E-state index in [0.717, 1.165) is 28.2 Å². The molecule has 0 aliphatic heterocycles. The molecule has 0 bridgehead atoms. The first-order valence-corrected chi connectivity index (χ1v) is 8.20. The van der Waals surface area contributed by atoms with Crippen molar-refractivity contribution < 1.29 is 4.74 Å². The molecule has 0 aliphatic rings. The summed E-state index contributed by atoms with van der Waals surface area (Å²) in [5.74, 6) is 8.44. The lowest BCUT2D eigenvalue weighted by molar-refractivity contribution is 0.414. The highest BCUT2D eigenvalue weighted by molar-refractivity contribution is 7.98. The fourth-order valence-electron chi connectivity index (χ4n) is 2.29. The molecule has 0 fully saturated rings. The molecule has 5 nitrogen and oxygen atoms in total. The minimum absolute atomic E-state index is 0.677. The van der Waals surface area contributed by atoms with Gasteiger partial charge in [0, 0.05) is 11.3 Å². The van der Waals surface area contributed by atoms with Gasteiger partial charge < -0.3 is 10.6 Å². The van der Waals surface area contributed by atoms with Crippen LogP contribution >= 0.6 is 11.8 Å². The maximum atomic E-state index is 6.17. The number of hydrogen-bond acceptors (Lipinski definition) is 5. The Hall–Kier alpha value is -2.47. The number of aromatic nitrogens is 3. The Balaban J connectivity index is 1.78. The number of hydrogen-bond donors (Lipinski definition) is 1. The molecule has 1 aromatic heterocycles. The fraction of sp³-hybridized carbons (Fsp3) is 0.176. The maximum Gasteiger partial charge on any atom is 0.210 e. The highest BCUT2D eigenvalue weighted by Gasteiger charge is 2.13. The van der Waals surface area contributed by atoms with Crippen LogP contribution < -0.4 is 10.6 Å². The summed E-state index contributed by atoms with van der Waals surface area (Å²) in [5.41, 5.74) is 3.27. The third-order valence-corrected chi connectivity index (χ3v) is 4.57. The van der Waals surface area contributed by atoms with Gasteiger partial charge in [-0.3, -0.25) is 0 Å². The number of benzene rings is 2. The molecule has 2 N–H and O–H groups in total. The lowest BCUT2D eigenvalue weighted by Crippen LogP contribution is -2.12. The first kappa shape index (κ1) is 15.4. The highest BCUT2D eigenvalue weighted by atomic mass is 32.2. The van der Waals surface area contributed by atoms with Crippen molar-refractivity contribution in [2.45, 2.75) is 17.8 Å². The van der Waals surface area contributed by atoms with Crippen molar-refractivity contribution in [2.75, 3.05) is 13.0 Å². The predicted octanol–water partition coefficient (Wildman–Crippen LogP) is 3.27. The van der Waals surface area contributed by atoms with Gasteiger partial charge in [0.15, 0.2) is 5.82 Å². The smallest absolute Gasteiger partial charge is 0.210 e. The number of nitrogens with two attached hydrogens (primary N) is 1. The average molecular weight is 326 g/mol. The number of nitrogens with zero attached hydrogens (tertiary/aromatic N) is 3. The van der Waals surface area contributed by atoms with Gasteiger partial charge in [-0.15, -0.1) is 10.2 Å². The van der Waals surface area contributed by atoms with Gasteiger partial charge in [0.25, 0.3) is 0 Å². The van der Waals surface area contributed by atoms with E-state index in [1.54, 1.807) is 23.5 Å². The van der Waals surface area contributed by atoms with Crippen LogP contribution in [0.3, 0.4) is 0 Å². The van der Waals surface area contributed by atoms with E-state index < -0.39 is 0 Å². The first-order valence-electron chi connectivity index (χ1n) is 7.21. The van der Waals surface area contributed by atoms with E-state index in [-0.39, 0.29) is 0 Å². The van der Waals surface area contributed by atoms with Crippen LogP contribution in [0, 0.1) is 6.92 Å². The molecule has 0 unspecified atom stereocenters. The third-order valence-electron chi connectivity index (χ3n) is 3.55. The van der Waals surface area contributed by atoms with Crippen molar-refractivity contribution in [3.63, 3.8) is 0 Å². The zero-order valence-electron chi connectivity index (χ0n) is 13.1. The second-order valence-electron chi connectivity index (χ2n) is 5.13. The molecule has 3 rings (SSSR count). The van der Waals surface area contributed by atoms with Crippen LogP contribution in [0.25, 0.3) is 11.4 Å². The molecule has 0 atom stereocenters. The minimum atomic E-state index is 0.677. The van der Waals surface area contributed by atoms with E-state index in [2.05, 4.69) is 16.3 Å². The Morgan fingerprint density at radius 2 is 1.96 bits per heavy atom. The molecule has 0 saturated carbocycles. The van der Waals surface area contributed by atoms with Crippen LogP contribution in [0.2, 0.25) is 0 Å². The van der Waals surface area contributed by atoms with Crippen molar-refractivity contribution in [3.05, 3.63) is 59.7 Å². The van der Waals surface area contributed by atoms with Crippen molar-refractivity contribution in [2.24, 2.45) is 0 Å². The van der Waals surface area contributed by atoms with Crippen LogP contribution in [0.5, 0.6) is 5.75 Å². The summed E-state index contributed by atoms with van der Waals surface area (Å²) in [4.78, 5) is 0. The standard InChI is InChI=1S/C17H18N4OS/c1-12-6-3-4-9-15(12)16-19-20-17(21(16)18)23-11-13-7-5-8-14(10-13)22-2/h3-10H,11,18H2,1-2H3. The minimum Gasteiger partial charge on any atom is -0.497 e. The molecule has 0 radical (unpaired) electrons. The fourth-order valence-corrected chi connectivity index (χ4v) is 3.09. The third kappa shape index (κ3) is 3.32. The Bertz CT molecular complexity index is 816. The van der Waals surface area contributed by atoms with Crippen LogP contribution in [0.4, 0.5) is 0 Å². The lowest BCUT2D eigenvalue weighted by atomic mass is 10.1. The van der Waals surface area contributed by atoms with Gasteiger partial charge >= 0.3 is 0 Å². The van der Waals surface area contributed by atoms with E-state index in [1.165, 1.54) is 0 Å². The lowest BCUT2D eigenvalue weighted by Gasteiger charge is -2.06. The van der Waals surface area contributed by atoms with Crippen LogP contribution in [0.15, 0.2) is 53.7 Å². The Morgan fingerprint density at radius 3 is 2.74 bits per heavy atom. The Kier molecular flexibility index (Phi) is 4.52. The Morgan fingerprint density at radius 1 is 1.13 bits per heavy atom. The normalized spacial score (nSPS) is 10.7. The summed E-state index contributed by atoms with van der Waals surface area (Å²) in [6, 6.07) is 16.0. The number of ether oxygens (including phenoxy) is 1. The largest absolute Gasteiger partial charge is 0.497 e. The average Bonchev–Trinajstić information content (AvgIpc) is 2.94. The van der Waals surface area contributed by atoms with Crippen molar-refractivity contribution in [3.8, 4) is 17.1 Å². The van der Waals surface area contributed by atoms with Gasteiger partial charge in [-0.25, -0.2) is 4.68 Å². The summed E-state index contributed by atoms with van der Waals surface area (Å²) in [6.45, 7) is 2.03. The second-order valence-corrected chi connectivity index (χ2v) is 6.07. The monoisotopic (exact) mass is 326 g/mol. The molecule has 118 valence electrons. The molecular weight excluding hydrogens is 308 g/mol. The second kappa shape index (κ2) is 6.75. The first-order chi connectivity index (χ1) is 11.2. The van der Waals surface area contributed by atoms with Crippen molar-refractivity contribution in [1.29, 1.82) is 0 Å². The molecule has 23 heavy (non-hydrogen) atoms. The number of methoxy groups -OCH3 is 1. The van der Waals surface area contributed by atoms with Gasteiger partial charge in [-0.1, -0.05) is 48.2 Å². The Labute approximate surface area is 139 Å². The number of thioether (sulfide) groups is 1. The molecule has 3 aromatic rings. The van der Waals surface area contributed by atoms with E-state index in [0.29, 0.717) is 11.0 Å². The van der Waals surface area contributed by atoms with E-state index in [4.69, 9.17) is 10.6 Å². The molecule has 1 heterocycles. The number of rotatable bonds is 5. The van der Waals surface area contributed by atoms with E-state index >= 15 is 0 Å². The van der Waals surface area contributed by atoms with Crippen LogP contribution in [-0.2, 0) is 5.75 Å². The summed E-state index contributed by atoms with van der Waals surface area (Å²) in [6.07, 6.45) is 0. The molecule has 0 saturated heterocycles. The summed E-state index contributed by atoms with van der Waals surface area (Å²) >= 11 is 1.55. The highest BCUT2D eigenvalue weighted by Crippen LogP contribution is 2.26. The quantitative estimate of drug-likeness (QED) is 0.576. The van der Waals surface area contributed by atoms with E-state index in [1.807, 2.05) is 49.4 Å². The van der Waals surface area contributed by atoms with Crippen LogP contribution in [-0.4, -0.2) is 22.0 Å². The predicted molar refractivity (Wildman–Crippen MR) is 92.9 cm³/mol. The zero-order valence-corrected chi connectivity index (χ0v) is 13.9. The zero-order chi connectivity index (χ0) is 16.2. The van der Waals surface area contributed by atoms with E-state index in [9.17, 15) is 0 Å². The molecule has 0 amide bonds. The van der Waals surface area contributed by atoms with Crippen LogP contribution in [0.1, 0.15) is 11.1 Å². The van der Waals surface area contributed by atoms with Gasteiger partial charge in [0.2, 0.25) is 5.16 Å². The van der Waals surface area contributed by atoms with Gasteiger partial charge in [0.05, 0.1) is 7.11 Å². The SMILES string of the molecule is COc1cccc(CSc2nnc(-c3ccccc3C)n2N)c1. The number of aryl methyl sites for hydroxylation is 1. The maximum absolute atomic E-state index is 6.17. The molecule has 0 aliphatic carbocycles. The molecular formula is C17H18N4OS.